The van der Waals surface area contributed by atoms with Crippen LogP contribution >= 0.6 is 11.6 Å². The lowest BCUT2D eigenvalue weighted by Crippen LogP contribution is -2.37. The van der Waals surface area contributed by atoms with Gasteiger partial charge in [0.15, 0.2) is 6.29 Å². The molecule has 0 fully saturated rings. The molecular weight excluding hydrogens is 268 g/mol. The van der Waals surface area contributed by atoms with Gasteiger partial charge in [-0.2, -0.15) is 0 Å². The normalized spacial score (nSPS) is 10.1. The minimum absolute atomic E-state index is 0.119. The first kappa shape index (κ1) is 15.5. The molecule has 0 unspecified atom stereocenters. The van der Waals surface area contributed by atoms with Crippen LogP contribution in [0, 0.1) is 0 Å². The molecule has 0 aliphatic carbocycles. The highest BCUT2D eigenvalue weighted by Gasteiger charge is 2.13. The first-order chi connectivity index (χ1) is 9.10. The van der Waals surface area contributed by atoms with E-state index in [2.05, 4.69) is 5.32 Å². The van der Waals surface area contributed by atoms with Crippen LogP contribution in [0.4, 0.5) is 5.69 Å². The Morgan fingerprint density at radius 2 is 2.26 bits per heavy atom. The van der Waals surface area contributed by atoms with Gasteiger partial charge in [-0.15, -0.1) is 0 Å². The number of hydrogen-bond acceptors (Lipinski definition) is 4. The summed E-state index contributed by atoms with van der Waals surface area (Å²) < 4.78 is 4.84. The molecule has 1 aromatic rings. The standard InChI is InChI=1S/C13H17ClN2O3/c1-16(8-12(18)15-6-7-19-2)13-10(9-17)4-3-5-11(13)14/h3-5,9H,6-8H2,1-2H3,(H,15,18). The van der Waals surface area contributed by atoms with Gasteiger partial charge < -0.3 is 15.0 Å². The van der Waals surface area contributed by atoms with Crippen molar-refractivity contribution in [2.45, 2.75) is 0 Å². The number of likely N-dealkylation sites (N-methyl/N-ethyl adjacent to an activating group) is 1. The third-order valence-electron chi connectivity index (χ3n) is 2.54. The number of para-hydroxylation sites is 1. The molecule has 1 aromatic carbocycles. The molecule has 0 atom stereocenters. The van der Waals surface area contributed by atoms with E-state index in [-0.39, 0.29) is 12.5 Å². The third kappa shape index (κ3) is 4.54. The van der Waals surface area contributed by atoms with Crippen LogP contribution in [0.2, 0.25) is 5.02 Å². The first-order valence-electron chi connectivity index (χ1n) is 5.80. The van der Waals surface area contributed by atoms with E-state index < -0.39 is 0 Å². The van der Waals surface area contributed by atoms with E-state index >= 15 is 0 Å². The Labute approximate surface area is 117 Å². The van der Waals surface area contributed by atoms with Crippen molar-refractivity contribution in [2.24, 2.45) is 0 Å². The molecular formula is C13H17ClN2O3. The largest absolute Gasteiger partial charge is 0.383 e. The number of carbonyl (C=O) groups is 2. The predicted octanol–water partition coefficient (Wildman–Crippen LogP) is 1.35. The second-order valence-electron chi connectivity index (χ2n) is 3.99. The zero-order chi connectivity index (χ0) is 14.3. The first-order valence-corrected chi connectivity index (χ1v) is 6.18. The molecule has 0 saturated carbocycles. The number of amides is 1. The lowest BCUT2D eigenvalue weighted by atomic mass is 10.2. The number of rotatable bonds is 7. The van der Waals surface area contributed by atoms with Crippen LogP contribution < -0.4 is 10.2 Å². The maximum absolute atomic E-state index is 11.7. The monoisotopic (exact) mass is 284 g/mol. The van der Waals surface area contributed by atoms with Gasteiger partial charge in [0.1, 0.15) is 0 Å². The van der Waals surface area contributed by atoms with Crippen molar-refractivity contribution in [1.82, 2.24) is 5.32 Å². The number of ether oxygens (including phenoxy) is 1. The molecule has 6 heteroatoms. The van der Waals surface area contributed by atoms with Crippen LogP contribution in [0.5, 0.6) is 0 Å². The van der Waals surface area contributed by atoms with Crippen LogP contribution in [0.1, 0.15) is 10.4 Å². The number of benzene rings is 1. The molecule has 104 valence electrons. The fourth-order valence-electron chi connectivity index (χ4n) is 1.67. The summed E-state index contributed by atoms with van der Waals surface area (Å²) in [4.78, 5) is 24.3. The quantitative estimate of drug-likeness (QED) is 0.607. The van der Waals surface area contributed by atoms with E-state index in [1.165, 1.54) is 0 Å². The van der Waals surface area contributed by atoms with Crippen molar-refractivity contribution in [2.75, 3.05) is 38.8 Å². The van der Waals surface area contributed by atoms with Gasteiger partial charge in [-0.1, -0.05) is 17.7 Å². The van der Waals surface area contributed by atoms with Crippen LogP contribution in [0.3, 0.4) is 0 Å². The lowest BCUT2D eigenvalue weighted by molar-refractivity contribution is -0.119. The number of aldehydes is 1. The van der Waals surface area contributed by atoms with Gasteiger partial charge in [0.25, 0.3) is 0 Å². The lowest BCUT2D eigenvalue weighted by Gasteiger charge is -2.21. The van der Waals surface area contributed by atoms with Gasteiger partial charge in [-0.25, -0.2) is 0 Å². The topological polar surface area (TPSA) is 58.6 Å². The van der Waals surface area contributed by atoms with Gasteiger partial charge in [-0.3, -0.25) is 9.59 Å². The number of nitrogens with zero attached hydrogens (tertiary/aromatic N) is 1. The van der Waals surface area contributed by atoms with Crippen LogP contribution in [0.25, 0.3) is 0 Å². The van der Waals surface area contributed by atoms with E-state index in [1.807, 2.05) is 0 Å². The second kappa shape index (κ2) is 7.76. The highest BCUT2D eigenvalue weighted by molar-refractivity contribution is 6.34. The van der Waals surface area contributed by atoms with Gasteiger partial charge in [0.05, 0.1) is 23.9 Å². The number of halogens is 1. The Bertz CT molecular complexity index is 452. The molecule has 1 amide bonds. The molecule has 0 radical (unpaired) electrons. The number of methoxy groups -OCH3 is 1. The molecule has 0 aliphatic rings. The van der Waals surface area contributed by atoms with Crippen molar-refractivity contribution in [3.63, 3.8) is 0 Å². The average Bonchev–Trinajstić information content (AvgIpc) is 2.38. The molecule has 0 heterocycles. The number of nitrogens with one attached hydrogen (secondary N) is 1. The summed E-state index contributed by atoms with van der Waals surface area (Å²) >= 11 is 6.06. The van der Waals surface area contributed by atoms with Crippen molar-refractivity contribution < 1.29 is 14.3 Å². The zero-order valence-electron chi connectivity index (χ0n) is 11.0. The minimum Gasteiger partial charge on any atom is -0.383 e. The number of hydrogen-bond donors (Lipinski definition) is 1. The molecule has 19 heavy (non-hydrogen) atoms. The summed E-state index contributed by atoms with van der Waals surface area (Å²) in [5.74, 6) is -0.156. The Balaban J connectivity index is 2.70. The predicted molar refractivity (Wildman–Crippen MR) is 75.0 cm³/mol. The summed E-state index contributed by atoms with van der Waals surface area (Å²) in [5.41, 5.74) is 1.01. The molecule has 0 saturated heterocycles. The van der Waals surface area contributed by atoms with Gasteiger partial charge in [-0.05, 0) is 12.1 Å². The fraction of sp³-hybridized carbons (Fsp3) is 0.385. The van der Waals surface area contributed by atoms with Crippen LogP contribution in [0.15, 0.2) is 18.2 Å². The van der Waals surface area contributed by atoms with Gasteiger partial charge in [0.2, 0.25) is 5.91 Å². The van der Waals surface area contributed by atoms with E-state index in [0.717, 1.165) is 6.29 Å². The van der Waals surface area contributed by atoms with Gasteiger partial charge in [0, 0.05) is 26.3 Å². The molecule has 1 N–H and O–H groups in total. The van der Waals surface area contributed by atoms with Crippen molar-refractivity contribution in [3.05, 3.63) is 28.8 Å². The highest BCUT2D eigenvalue weighted by Crippen LogP contribution is 2.27. The Morgan fingerprint density at radius 3 is 2.89 bits per heavy atom. The summed E-state index contributed by atoms with van der Waals surface area (Å²) in [6.07, 6.45) is 0.723. The van der Waals surface area contributed by atoms with Gasteiger partial charge >= 0.3 is 0 Å². The Hall–Kier alpha value is -1.59. The highest BCUT2D eigenvalue weighted by atomic mass is 35.5. The number of carbonyl (C=O) groups excluding carboxylic acids is 2. The molecule has 0 aromatic heterocycles. The van der Waals surface area contributed by atoms with E-state index in [4.69, 9.17) is 16.3 Å². The SMILES string of the molecule is COCCNC(=O)CN(C)c1c(Cl)cccc1C=O. The summed E-state index contributed by atoms with van der Waals surface area (Å²) in [6.45, 7) is 1.03. The van der Waals surface area contributed by atoms with Crippen molar-refractivity contribution in [3.8, 4) is 0 Å². The van der Waals surface area contributed by atoms with Crippen LogP contribution in [-0.4, -0.2) is 46.0 Å². The fourth-order valence-corrected chi connectivity index (χ4v) is 2.00. The van der Waals surface area contributed by atoms with E-state index in [9.17, 15) is 9.59 Å². The zero-order valence-corrected chi connectivity index (χ0v) is 11.7. The van der Waals surface area contributed by atoms with E-state index in [1.54, 1.807) is 37.3 Å². The summed E-state index contributed by atoms with van der Waals surface area (Å²) in [5, 5.41) is 3.15. The maximum atomic E-state index is 11.7. The maximum Gasteiger partial charge on any atom is 0.239 e. The third-order valence-corrected chi connectivity index (χ3v) is 2.84. The Kier molecular flexibility index (Phi) is 6.32. The summed E-state index contributed by atoms with van der Waals surface area (Å²) in [6, 6.07) is 5.04. The Morgan fingerprint density at radius 1 is 1.53 bits per heavy atom. The smallest absolute Gasteiger partial charge is 0.239 e. The van der Waals surface area contributed by atoms with Crippen molar-refractivity contribution >= 4 is 29.5 Å². The average molecular weight is 285 g/mol. The minimum atomic E-state index is -0.156. The molecule has 0 bridgehead atoms. The molecule has 0 aliphatic heterocycles. The van der Waals surface area contributed by atoms with E-state index in [0.29, 0.717) is 29.4 Å². The van der Waals surface area contributed by atoms with Crippen molar-refractivity contribution in [1.29, 1.82) is 0 Å². The molecule has 1 rings (SSSR count). The summed E-state index contributed by atoms with van der Waals surface area (Å²) in [7, 11) is 3.28. The number of anilines is 1. The molecule has 0 spiro atoms. The molecule has 5 nitrogen and oxygen atoms in total. The second-order valence-corrected chi connectivity index (χ2v) is 4.40. The van der Waals surface area contributed by atoms with Crippen LogP contribution in [-0.2, 0) is 9.53 Å².